The molecule has 1 amide bonds. The first-order valence-corrected chi connectivity index (χ1v) is 7.58. The lowest BCUT2D eigenvalue weighted by Gasteiger charge is -2.27. The molecule has 1 atom stereocenters. The maximum absolute atomic E-state index is 12.6. The van der Waals surface area contributed by atoms with E-state index in [2.05, 4.69) is 15.9 Å². The highest BCUT2D eigenvalue weighted by atomic mass is 79.9. The highest BCUT2D eigenvalue weighted by Gasteiger charge is 2.24. The fourth-order valence-corrected chi connectivity index (χ4v) is 2.71. The van der Waals surface area contributed by atoms with Crippen molar-refractivity contribution in [3.05, 3.63) is 22.4 Å². The van der Waals surface area contributed by atoms with Crippen molar-refractivity contribution in [1.82, 2.24) is 9.47 Å². The van der Waals surface area contributed by atoms with Crippen LogP contribution in [0.15, 0.2) is 16.7 Å². The van der Waals surface area contributed by atoms with Crippen LogP contribution in [0.25, 0.3) is 0 Å². The number of halogens is 1. The van der Waals surface area contributed by atoms with E-state index in [1.807, 2.05) is 24.6 Å². The summed E-state index contributed by atoms with van der Waals surface area (Å²) in [5.74, 6) is -1.02. The Balaban J connectivity index is 2.98. The van der Waals surface area contributed by atoms with Gasteiger partial charge < -0.3 is 14.6 Å². The number of aliphatic carboxylic acids is 1. The first-order chi connectivity index (χ1) is 9.40. The monoisotopic (exact) mass is 344 g/mol. The molecule has 0 aromatic carbocycles. The maximum atomic E-state index is 12.6. The van der Waals surface area contributed by atoms with Gasteiger partial charge in [0.05, 0.1) is 6.42 Å². The Hall–Kier alpha value is -1.30. The Labute approximate surface area is 127 Å². The van der Waals surface area contributed by atoms with Crippen LogP contribution in [-0.4, -0.2) is 39.0 Å². The van der Waals surface area contributed by atoms with Gasteiger partial charge in [-0.3, -0.25) is 9.59 Å². The van der Waals surface area contributed by atoms with Gasteiger partial charge in [0, 0.05) is 29.8 Å². The SMILES string of the molecule is CCCn1cc(Br)cc1C(=O)N(CC)C(C)CC(=O)O. The van der Waals surface area contributed by atoms with E-state index in [-0.39, 0.29) is 18.4 Å². The van der Waals surface area contributed by atoms with E-state index in [9.17, 15) is 9.59 Å². The number of carboxylic acid groups (broad SMARTS) is 1. The summed E-state index contributed by atoms with van der Waals surface area (Å²) in [6.45, 7) is 6.92. The molecule has 0 aliphatic rings. The summed E-state index contributed by atoms with van der Waals surface area (Å²) in [4.78, 5) is 25.0. The summed E-state index contributed by atoms with van der Waals surface area (Å²) in [5.41, 5.74) is 0.595. The Kier molecular flexibility index (Phi) is 6.26. The van der Waals surface area contributed by atoms with Crippen molar-refractivity contribution < 1.29 is 14.7 Å². The zero-order chi connectivity index (χ0) is 15.3. The third-order valence-electron chi connectivity index (χ3n) is 3.15. The average molecular weight is 345 g/mol. The molecule has 1 heterocycles. The van der Waals surface area contributed by atoms with Crippen LogP contribution in [-0.2, 0) is 11.3 Å². The molecule has 112 valence electrons. The van der Waals surface area contributed by atoms with Crippen LogP contribution >= 0.6 is 15.9 Å². The molecule has 0 aliphatic carbocycles. The van der Waals surface area contributed by atoms with E-state index in [0.29, 0.717) is 12.2 Å². The van der Waals surface area contributed by atoms with Gasteiger partial charge in [-0.2, -0.15) is 0 Å². The lowest BCUT2D eigenvalue weighted by Crippen LogP contribution is -2.40. The fraction of sp³-hybridized carbons (Fsp3) is 0.571. The molecule has 1 aromatic rings. The standard InChI is InChI=1S/C14H21BrN2O3/c1-4-6-16-9-11(15)8-12(16)14(20)17(5-2)10(3)7-13(18)19/h8-10H,4-7H2,1-3H3,(H,18,19). The Bertz CT molecular complexity index is 485. The molecule has 1 unspecified atom stereocenters. The second kappa shape index (κ2) is 7.47. The molecule has 0 aliphatic heterocycles. The molecule has 1 aromatic heterocycles. The van der Waals surface area contributed by atoms with Crippen molar-refractivity contribution >= 4 is 27.8 Å². The zero-order valence-corrected chi connectivity index (χ0v) is 13.7. The van der Waals surface area contributed by atoms with Gasteiger partial charge in [0.2, 0.25) is 0 Å². The molecule has 0 spiro atoms. The van der Waals surface area contributed by atoms with Crippen LogP contribution in [0, 0.1) is 0 Å². The number of carboxylic acids is 1. The summed E-state index contributed by atoms with van der Waals surface area (Å²) in [6, 6.07) is 1.46. The van der Waals surface area contributed by atoms with Gasteiger partial charge in [0.1, 0.15) is 5.69 Å². The van der Waals surface area contributed by atoms with Crippen LogP contribution < -0.4 is 0 Å². The average Bonchev–Trinajstić information content (AvgIpc) is 2.70. The number of hydrogen-bond donors (Lipinski definition) is 1. The molecule has 0 saturated carbocycles. The molecule has 0 radical (unpaired) electrons. The van der Waals surface area contributed by atoms with Gasteiger partial charge in [0.25, 0.3) is 5.91 Å². The predicted molar refractivity (Wildman–Crippen MR) is 80.8 cm³/mol. The summed E-state index contributed by atoms with van der Waals surface area (Å²) in [5, 5.41) is 8.87. The first-order valence-electron chi connectivity index (χ1n) is 6.79. The number of amides is 1. The van der Waals surface area contributed by atoms with Crippen molar-refractivity contribution in [3.63, 3.8) is 0 Å². The van der Waals surface area contributed by atoms with Crippen molar-refractivity contribution in [2.24, 2.45) is 0 Å². The molecule has 0 saturated heterocycles. The Morgan fingerprint density at radius 2 is 2.10 bits per heavy atom. The van der Waals surface area contributed by atoms with Crippen molar-refractivity contribution in [2.75, 3.05) is 6.54 Å². The third kappa shape index (κ3) is 4.10. The molecule has 1 N–H and O–H groups in total. The number of carbonyl (C=O) groups is 2. The zero-order valence-electron chi connectivity index (χ0n) is 12.1. The Morgan fingerprint density at radius 3 is 2.60 bits per heavy atom. The highest BCUT2D eigenvalue weighted by molar-refractivity contribution is 9.10. The molecule has 0 bridgehead atoms. The number of nitrogens with zero attached hydrogens (tertiary/aromatic N) is 2. The van der Waals surface area contributed by atoms with Gasteiger partial charge in [-0.05, 0) is 42.3 Å². The van der Waals surface area contributed by atoms with Gasteiger partial charge in [-0.1, -0.05) is 6.92 Å². The molecule has 5 nitrogen and oxygen atoms in total. The minimum Gasteiger partial charge on any atom is -0.481 e. The largest absolute Gasteiger partial charge is 0.481 e. The molecule has 0 fully saturated rings. The highest BCUT2D eigenvalue weighted by Crippen LogP contribution is 2.19. The van der Waals surface area contributed by atoms with Crippen molar-refractivity contribution in [1.29, 1.82) is 0 Å². The molecular weight excluding hydrogens is 324 g/mol. The predicted octanol–water partition coefficient (Wildman–Crippen LogP) is 2.99. The third-order valence-corrected chi connectivity index (χ3v) is 3.58. The first kappa shape index (κ1) is 16.8. The molecule has 20 heavy (non-hydrogen) atoms. The summed E-state index contributed by atoms with van der Waals surface area (Å²) >= 11 is 3.38. The van der Waals surface area contributed by atoms with Crippen molar-refractivity contribution in [2.45, 2.75) is 46.2 Å². The maximum Gasteiger partial charge on any atom is 0.305 e. The smallest absolute Gasteiger partial charge is 0.305 e. The molecule has 1 rings (SSSR count). The van der Waals surface area contributed by atoms with Crippen LogP contribution in [0.3, 0.4) is 0 Å². The Morgan fingerprint density at radius 1 is 1.45 bits per heavy atom. The van der Waals surface area contributed by atoms with E-state index in [4.69, 9.17) is 5.11 Å². The number of aryl methyl sites for hydroxylation is 1. The summed E-state index contributed by atoms with van der Waals surface area (Å²) < 4.78 is 2.76. The number of carbonyl (C=O) groups excluding carboxylic acids is 1. The van der Waals surface area contributed by atoms with E-state index in [1.165, 1.54) is 0 Å². The van der Waals surface area contributed by atoms with Crippen LogP contribution in [0.4, 0.5) is 0 Å². The minimum atomic E-state index is -0.895. The van der Waals surface area contributed by atoms with Gasteiger partial charge in [0.15, 0.2) is 0 Å². The second-order valence-corrected chi connectivity index (χ2v) is 5.69. The molecular formula is C14H21BrN2O3. The van der Waals surface area contributed by atoms with Gasteiger partial charge in [-0.25, -0.2) is 0 Å². The lowest BCUT2D eigenvalue weighted by molar-refractivity contribution is -0.138. The number of rotatable bonds is 7. The normalized spacial score (nSPS) is 12.2. The van der Waals surface area contributed by atoms with E-state index >= 15 is 0 Å². The van der Waals surface area contributed by atoms with Gasteiger partial charge >= 0.3 is 5.97 Å². The number of hydrogen-bond acceptors (Lipinski definition) is 2. The number of aromatic nitrogens is 1. The fourth-order valence-electron chi connectivity index (χ4n) is 2.25. The van der Waals surface area contributed by atoms with Crippen LogP contribution in [0.1, 0.15) is 44.1 Å². The molecule has 6 heteroatoms. The van der Waals surface area contributed by atoms with E-state index in [0.717, 1.165) is 17.4 Å². The van der Waals surface area contributed by atoms with Crippen molar-refractivity contribution in [3.8, 4) is 0 Å². The second-order valence-electron chi connectivity index (χ2n) is 4.78. The van der Waals surface area contributed by atoms with Gasteiger partial charge in [-0.15, -0.1) is 0 Å². The minimum absolute atomic E-state index is 0.0464. The van der Waals surface area contributed by atoms with E-state index < -0.39 is 5.97 Å². The van der Waals surface area contributed by atoms with Crippen LogP contribution in [0.5, 0.6) is 0 Å². The van der Waals surface area contributed by atoms with Crippen LogP contribution in [0.2, 0.25) is 0 Å². The topological polar surface area (TPSA) is 62.5 Å². The lowest BCUT2D eigenvalue weighted by atomic mass is 10.2. The quantitative estimate of drug-likeness (QED) is 0.826. The summed E-state index contributed by atoms with van der Waals surface area (Å²) in [6.07, 6.45) is 2.76. The van der Waals surface area contributed by atoms with E-state index in [1.54, 1.807) is 17.9 Å². The summed E-state index contributed by atoms with van der Waals surface area (Å²) in [7, 11) is 0.